The molecule has 2 aromatic heterocycles. The Morgan fingerprint density at radius 2 is 1.89 bits per heavy atom. The van der Waals surface area contributed by atoms with E-state index < -0.39 is 24.0 Å². The van der Waals surface area contributed by atoms with Crippen LogP contribution in [0.4, 0.5) is 8.78 Å². The second-order valence-electron chi connectivity index (χ2n) is 8.92. The van der Waals surface area contributed by atoms with E-state index >= 15 is 0 Å². The first kappa shape index (κ1) is 25.8. The second-order valence-corrected chi connectivity index (χ2v) is 8.92. The highest BCUT2D eigenvalue weighted by Gasteiger charge is 2.37. The smallest absolute Gasteiger partial charge is 0.321 e. The van der Waals surface area contributed by atoms with Gasteiger partial charge >= 0.3 is 5.92 Å². The summed E-state index contributed by atoms with van der Waals surface area (Å²) in [4.78, 5) is 24.1. The fraction of sp³-hybridized carbons (Fsp3) is 0.250. The monoisotopic (exact) mass is 506 g/mol. The quantitative estimate of drug-likeness (QED) is 0.323. The van der Waals surface area contributed by atoms with Crippen LogP contribution in [-0.2, 0) is 11.3 Å². The van der Waals surface area contributed by atoms with Crippen LogP contribution in [-0.4, -0.2) is 32.2 Å². The minimum atomic E-state index is -3.55. The minimum Gasteiger partial charge on any atom is -0.483 e. The number of carbonyl (C=O) groups excluding carboxylic acids is 1. The van der Waals surface area contributed by atoms with Gasteiger partial charge in [0.25, 0.3) is 11.5 Å². The van der Waals surface area contributed by atoms with E-state index in [2.05, 4.69) is 17.0 Å². The van der Waals surface area contributed by atoms with E-state index in [1.54, 1.807) is 71.0 Å². The number of amides is 1. The molecule has 7 nitrogen and oxygen atoms in total. The number of carbonyl (C=O) groups is 1. The normalized spacial score (nSPS) is 13.2. The highest BCUT2D eigenvalue weighted by Crippen LogP contribution is 2.31. The molecule has 0 fully saturated rings. The van der Waals surface area contributed by atoms with Gasteiger partial charge in [-0.05, 0) is 43.7 Å². The van der Waals surface area contributed by atoms with Gasteiger partial charge in [0.1, 0.15) is 11.9 Å². The van der Waals surface area contributed by atoms with Crippen LogP contribution in [0.3, 0.4) is 0 Å². The van der Waals surface area contributed by atoms with Crippen molar-refractivity contribution in [3.05, 3.63) is 101 Å². The molecule has 1 amide bonds. The third-order valence-electron chi connectivity index (χ3n) is 6.00. The number of alkyl halides is 2. The molecule has 0 bridgehead atoms. The third kappa shape index (κ3) is 5.61. The summed E-state index contributed by atoms with van der Waals surface area (Å²) in [6, 6.07) is 16.7. The van der Waals surface area contributed by atoms with E-state index in [1.165, 1.54) is 6.07 Å². The van der Waals surface area contributed by atoms with Crippen LogP contribution in [0.25, 0.3) is 16.6 Å². The van der Waals surface area contributed by atoms with Gasteiger partial charge in [-0.15, -0.1) is 0 Å². The minimum absolute atomic E-state index is 0.0923. The molecule has 0 unspecified atom stereocenters. The largest absolute Gasteiger partial charge is 0.483 e. The fourth-order valence-electron chi connectivity index (χ4n) is 4.02. The van der Waals surface area contributed by atoms with Gasteiger partial charge in [0, 0.05) is 31.1 Å². The summed E-state index contributed by atoms with van der Waals surface area (Å²) in [5.41, 5.74) is 2.59. The molecule has 0 aliphatic carbocycles. The summed E-state index contributed by atoms with van der Waals surface area (Å²) in [6.07, 6.45) is 2.61. The SMILES string of the molecule is C=C(C)[C@H](NC(=O)C(C)(F)F)[C@H](Oc1ccc2c(cnn2-c2ccc(=O)n(CC)c2)c1)c1ccccc1. The van der Waals surface area contributed by atoms with Crippen molar-refractivity contribution >= 4 is 16.8 Å². The molecular weight excluding hydrogens is 478 g/mol. The standard InChI is InChI=1S/C28H28F2N4O3/c1-5-33-17-21(11-14-24(33)35)34-23-13-12-22(15-20(23)16-31-34)37-26(19-9-7-6-8-10-19)25(18(2)3)32-27(36)28(4,29)30/h6-17,25-26H,2,5H2,1,3-4H3,(H,32,36)/t25-,26+/m0/s1. The van der Waals surface area contributed by atoms with Crippen molar-refractivity contribution in [3.63, 3.8) is 0 Å². The molecule has 4 aromatic rings. The van der Waals surface area contributed by atoms with E-state index in [4.69, 9.17) is 4.74 Å². The molecule has 37 heavy (non-hydrogen) atoms. The zero-order valence-corrected chi connectivity index (χ0v) is 20.8. The Balaban J connectivity index is 1.70. The van der Waals surface area contributed by atoms with Gasteiger partial charge in [-0.3, -0.25) is 9.59 Å². The van der Waals surface area contributed by atoms with E-state index in [0.29, 0.717) is 30.4 Å². The summed E-state index contributed by atoms with van der Waals surface area (Å²) in [5, 5.41) is 7.64. The first-order chi connectivity index (χ1) is 17.6. The van der Waals surface area contributed by atoms with Crippen LogP contribution in [0.1, 0.15) is 32.4 Å². The zero-order chi connectivity index (χ0) is 26.7. The Bertz CT molecular complexity index is 1490. The predicted octanol–water partition coefficient (Wildman–Crippen LogP) is 5.04. The average molecular weight is 507 g/mol. The molecule has 0 saturated carbocycles. The molecule has 1 N–H and O–H groups in total. The topological polar surface area (TPSA) is 78.2 Å². The molecule has 4 rings (SSSR count). The van der Waals surface area contributed by atoms with Crippen LogP contribution in [0.5, 0.6) is 5.75 Å². The van der Waals surface area contributed by atoms with Crippen LogP contribution in [0, 0.1) is 0 Å². The molecule has 192 valence electrons. The Kier molecular flexibility index (Phi) is 7.24. The molecule has 0 aliphatic heterocycles. The number of nitrogens with one attached hydrogen (secondary N) is 1. The van der Waals surface area contributed by atoms with E-state index in [9.17, 15) is 18.4 Å². The number of halogens is 2. The molecule has 2 aromatic carbocycles. The molecule has 0 saturated heterocycles. The maximum atomic E-state index is 13.7. The van der Waals surface area contributed by atoms with Crippen molar-refractivity contribution in [2.75, 3.05) is 0 Å². The first-order valence-electron chi connectivity index (χ1n) is 11.8. The van der Waals surface area contributed by atoms with Crippen LogP contribution < -0.4 is 15.6 Å². The van der Waals surface area contributed by atoms with E-state index in [1.807, 2.05) is 19.1 Å². The Hall–Kier alpha value is -4.27. The molecule has 0 aliphatic rings. The lowest BCUT2D eigenvalue weighted by Gasteiger charge is -2.30. The average Bonchev–Trinajstić information content (AvgIpc) is 3.29. The maximum absolute atomic E-state index is 13.7. The van der Waals surface area contributed by atoms with Gasteiger partial charge in [-0.1, -0.05) is 42.5 Å². The molecular formula is C28H28F2N4O3. The number of ether oxygens (including phenoxy) is 1. The number of aromatic nitrogens is 3. The lowest BCUT2D eigenvalue weighted by molar-refractivity contribution is -0.144. The number of benzene rings is 2. The van der Waals surface area contributed by atoms with Gasteiger partial charge in [-0.2, -0.15) is 13.9 Å². The number of hydrogen-bond acceptors (Lipinski definition) is 4. The molecule has 9 heteroatoms. The predicted molar refractivity (Wildman–Crippen MR) is 138 cm³/mol. The number of nitrogens with zero attached hydrogens (tertiary/aromatic N) is 3. The highest BCUT2D eigenvalue weighted by atomic mass is 19.3. The van der Waals surface area contributed by atoms with Crippen molar-refractivity contribution in [1.82, 2.24) is 19.7 Å². The Labute approximate surface area is 213 Å². The van der Waals surface area contributed by atoms with E-state index in [0.717, 1.165) is 16.6 Å². The van der Waals surface area contributed by atoms with Crippen LogP contribution in [0.2, 0.25) is 0 Å². The van der Waals surface area contributed by atoms with Crippen molar-refractivity contribution in [2.24, 2.45) is 0 Å². The van der Waals surface area contributed by atoms with Crippen molar-refractivity contribution in [2.45, 2.75) is 45.4 Å². The number of fused-ring (bicyclic) bond motifs is 1. The summed E-state index contributed by atoms with van der Waals surface area (Å²) in [6.45, 7) is 8.54. The van der Waals surface area contributed by atoms with Crippen LogP contribution in [0.15, 0.2) is 90.0 Å². The first-order valence-corrected chi connectivity index (χ1v) is 11.8. The highest BCUT2D eigenvalue weighted by molar-refractivity contribution is 5.83. The van der Waals surface area contributed by atoms with Gasteiger partial charge in [0.2, 0.25) is 0 Å². The van der Waals surface area contributed by atoms with Gasteiger partial charge in [0.15, 0.2) is 0 Å². The van der Waals surface area contributed by atoms with Crippen molar-refractivity contribution < 1.29 is 18.3 Å². The summed E-state index contributed by atoms with van der Waals surface area (Å²) in [7, 11) is 0. The number of aryl methyl sites for hydroxylation is 1. The lowest BCUT2D eigenvalue weighted by Crippen LogP contribution is -2.47. The van der Waals surface area contributed by atoms with Crippen molar-refractivity contribution in [3.8, 4) is 11.4 Å². The van der Waals surface area contributed by atoms with Crippen LogP contribution >= 0.6 is 0 Å². The third-order valence-corrected chi connectivity index (χ3v) is 6.00. The summed E-state index contributed by atoms with van der Waals surface area (Å²) >= 11 is 0. The maximum Gasteiger partial charge on any atom is 0.321 e. The van der Waals surface area contributed by atoms with Gasteiger partial charge in [-0.25, -0.2) is 4.68 Å². The molecule has 0 radical (unpaired) electrons. The lowest BCUT2D eigenvalue weighted by atomic mass is 9.96. The number of pyridine rings is 1. The Morgan fingerprint density at radius 3 is 2.54 bits per heavy atom. The van der Waals surface area contributed by atoms with E-state index in [-0.39, 0.29) is 5.56 Å². The van der Waals surface area contributed by atoms with Crippen molar-refractivity contribution in [1.29, 1.82) is 0 Å². The molecule has 0 spiro atoms. The second kappa shape index (κ2) is 10.4. The Morgan fingerprint density at radius 1 is 1.16 bits per heavy atom. The van der Waals surface area contributed by atoms with Gasteiger partial charge in [0.05, 0.1) is 23.4 Å². The summed E-state index contributed by atoms with van der Waals surface area (Å²) in [5.74, 6) is -4.50. The fourth-order valence-corrected chi connectivity index (χ4v) is 4.02. The molecule has 2 heterocycles. The molecule has 2 atom stereocenters. The van der Waals surface area contributed by atoms with Gasteiger partial charge < -0.3 is 14.6 Å². The zero-order valence-electron chi connectivity index (χ0n) is 20.8. The number of hydrogen-bond donors (Lipinski definition) is 1. The number of rotatable bonds is 9. The summed E-state index contributed by atoms with van der Waals surface area (Å²) < 4.78 is 37.0.